The van der Waals surface area contributed by atoms with Crippen LogP contribution in [0.1, 0.15) is 12.5 Å². The first-order valence-corrected chi connectivity index (χ1v) is 7.51. The molecule has 23 heavy (non-hydrogen) atoms. The zero-order valence-corrected chi connectivity index (χ0v) is 12.8. The molecular weight excluding hydrogens is 292 g/mol. The number of ether oxygens (including phenoxy) is 1. The Hall–Kier alpha value is -2.66. The number of carbonyl (C=O) groups is 1. The van der Waals surface area contributed by atoms with E-state index in [1.807, 2.05) is 65.6 Å². The van der Waals surface area contributed by atoms with Crippen molar-refractivity contribution in [1.82, 2.24) is 0 Å². The van der Waals surface area contributed by atoms with Crippen molar-refractivity contribution in [3.05, 3.63) is 66.2 Å². The fourth-order valence-corrected chi connectivity index (χ4v) is 2.55. The van der Waals surface area contributed by atoms with Gasteiger partial charge in [-0.3, -0.25) is 0 Å². The summed E-state index contributed by atoms with van der Waals surface area (Å²) in [5, 5.41) is 10.7. The van der Waals surface area contributed by atoms with Crippen molar-refractivity contribution in [3.8, 4) is 0 Å². The molecule has 2 aromatic carbocycles. The second-order valence-electron chi connectivity index (χ2n) is 5.26. The topological polar surface area (TPSA) is 62.1 Å². The third kappa shape index (κ3) is 2.96. The molecule has 0 aromatic heterocycles. The quantitative estimate of drug-likeness (QED) is 0.880. The maximum absolute atomic E-state index is 12.1. The van der Waals surface area contributed by atoms with Crippen molar-refractivity contribution in [2.75, 3.05) is 18.1 Å². The maximum Gasteiger partial charge on any atom is 0.363 e. The van der Waals surface area contributed by atoms with Crippen LogP contribution in [0, 0.1) is 0 Å². The summed E-state index contributed by atoms with van der Waals surface area (Å²) in [6, 6.07) is 19.0. The molecule has 1 unspecified atom stereocenters. The number of carbonyl (C=O) groups excluding carboxylic acids is 1. The van der Waals surface area contributed by atoms with Crippen LogP contribution in [0.25, 0.3) is 0 Å². The molecule has 0 fully saturated rings. The summed E-state index contributed by atoms with van der Waals surface area (Å²) in [4.78, 5) is 18.2. The Balaban J connectivity index is 2.03. The van der Waals surface area contributed by atoms with Gasteiger partial charge in [0.25, 0.3) is 5.72 Å². The molecule has 1 aliphatic rings. The fourth-order valence-electron chi connectivity index (χ4n) is 2.55. The molecule has 0 amide bonds. The maximum atomic E-state index is 12.1. The SMILES string of the molecule is CCOC(=O)C1(O)CN(c2ccccc2)C(c2ccccc2)=N1. The number of amidine groups is 1. The predicted octanol–water partition coefficient (Wildman–Crippen LogP) is 2.21. The average Bonchev–Trinajstić information content (AvgIpc) is 2.96. The van der Waals surface area contributed by atoms with Gasteiger partial charge in [-0.05, 0) is 19.1 Å². The van der Waals surface area contributed by atoms with E-state index >= 15 is 0 Å². The lowest BCUT2D eigenvalue weighted by Gasteiger charge is -2.23. The lowest BCUT2D eigenvalue weighted by atomic mass is 10.1. The molecule has 1 aliphatic heterocycles. The van der Waals surface area contributed by atoms with Gasteiger partial charge in [0.1, 0.15) is 5.84 Å². The molecule has 2 aromatic rings. The molecule has 1 heterocycles. The van der Waals surface area contributed by atoms with Crippen molar-refractivity contribution in [2.45, 2.75) is 12.6 Å². The van der Waals surface area contributed by atoms with E-state index in [1.165, 1.54) is 0 Å². The molecule has 3 rings (SSSR count). The van der Waals surface area contributed by atoms with Crippen LogP contribution in [0.4, 0.5) is 5.69 Å². The lowest BCUT2D eigenvalue weighted by Crippen LogP contribution is -2.43. The van der Waals surface area contributed by atoms with Crippen LogP contribution in [0.15, 0.2) is 65.7 Å². The van der Waals surface area contributed by atoms with Crippen molar-refractivity contribution in [3.63, 3.8) is 0 Å². The van der Waals surface area contributed by atoms with Crippen LogP contribution in [0.5, 0.6) is 0 Å². The molecule has 5 heteroatoms. The molecule has 118 valence electrons. The first-order valence-electron chi connectivity index (χ1n) is 7.51. The highest BCUT2D eigenvalue weighted by molar-refractivity contribution is 6.13. The molecule has 0 saturated carbocycles. The van der Waals surface area contributed by atoms with Crippen LogP contribution >= 0.6 is 0 Å². The minimum Gasteiger partial charge on any atom is -0.462 e. The van der Waals surface area contributed by atoms with Gasteiger partial charge in [-0.1, -0.05) is 48.5 Å². The summed E-state index contributed by atoms with van der Waals surface area (Å²) >= 11 is 0. The van der Waals surface area contributed by atoms with Gasteiger partial charge in [-0.15, -0.1) is 0 Å². The smallest absolute Gasteiger partial charge is 0.363 e. The number of hydrogen-bond donors (Lipinski definition) is 1. The molecule has 0 spiro atoms. The van der Waals surface area contributed by atoms with E-state index in [0.717, 1.165) is 11.3 Å². The van der Waals surface area contributed by atoms with Gasteiger partial charge < -0.3 is 14.7 Å². The highest BCUT2D eigenvalue weighted by Gasteiger charge is 2.46. The predicted molar refractivity (Wildman–Crippen MR) is 88.3 cm³/mol. The highest BCUT2D eigenvalue weighted by atomic mass is 16.6. The number of benzene rings is 2. The third-order valence-corrected chi connectivity index (χ3v) is 3.63. The number of aliphatic imine (C=N–C) groups is 1. The Morgan fingerprint density at radius 3 is 2.39 bits per heavy atom. The van der Waals surface area contributed by atoms with E-state index in [2.05, 4.69) is 4.99 Å². The number of para-hydroxylation sites is 1. The monoisotopic (exact) mass is 310 g/mol. The van der Waals surface area contributed by atoms with Crippen LogP contribution in [0.3, 0.4) is 0 Å². The average molecular weight is 310 g/mol. The van der Waals surface area contributed by atoms with Crippen molar-refractivity contribution >= 4 is 17.5 Å². The Morgan fingerprint density at radius 2 is 1.78 bits per heavy atom. The Kier molecular flexibility index (Phi) is 4.12. The van der Waals surface area contributed by atoms with Gasteiger partial charge in [0.15, 0.2) is 0 Å². The summed E-state index contributed by atoms with van der Waals surface area (Å²) in [6.07, 6.45) is 0. The van der Waals surface area contributed by atoms with Gasteiger partial charge in [-0.25, -0.2) is 9.79 Å². The molecule has 0 radical (unpaired) electrons. The van der Waals surface area contributed by atoms with E-state index < -0.39 is 11.7 Å². The second-order valence-corrected chi connectivity index (χ2v) is 5.26. The molecule has 0 bridgehead atoms. The van der Waals surface area contributed by atoms with Gasteiger partial charge >= 0.3 is 5.97 Å². The van der Waals surface area contributed by atoms with Crippen LogP contribution in [-0.2, 0) is 9.53 Å². The van der Waals surface area contributed by atoms with E-state index in [0.29, 0.717) is 5.84 Å². The van der Waals surface area contributed by atoms with Crippen LogP contribution in [-0.4, -0.2) is 35.8 Å². The van der Waals surface area contributed by atoms with Gasteiger partial charge in [0.2, 0.25) is 0 Å². The number of rotatable bonds is 4. The fraction of sp³-hybridized carbons (Fsp3) is 0.222. The summed E-state index contributed by atoms with van der Waals surface area (Å²) in [5.74, 6) is -0.181. The Labute approximate surface area is 134 Å². The Morgan fingerprint density at radius 1 is 1.17 bits per heavy atom. The molecule has 1 N–H and O–H groups in total. The first kappa shape index (κ1) is 15.2. The van der Waals surface area contributed by atoms with E-state index in [-0.39, 0.29) is 13.2 Å². The molecule has 0 saturated heterocycles. The molecule has 0 aliphatic carbocycles. The van der Waals surface area contributed by atoms with Crippen molar-refractivity contribution < 1.29 is 14.6 Å². The van der Waals surface area contributed by atoms with Crippen LogP contribution in [0.2, 0.25) is 0 Å². The summed E-state index contributed by atoms with van der Waals surface area (Å²) in [6.45, 7) is 1.93. The number of aliphatic hydroxyl groups is 1. The number of nitrogens with zero attached hydrogens (tertiary/aromatic N) is 2. The van der Waals surface area contributed by atoms with Crippen LogP contribution < -0.4 is 4.90 Å². The van der Waals surface area contributed by atoms with E-state index in [9.17, 15) is 9.90 Å². The number of anilines is 1. The lowest BCUT2D eigenvalue weighted by molar-refractivity contribution is -0.162. The van der Waals surface area contributed by atoms with Gasteiger partial charge in [-0.2, -0.15) is 0 Å². The normalized spacial score (nSPS) is 20.3. The van der Waals surface area contributed by atoms with E-state index in [4.69, 9.17) is 4.74 Å². The Bertz CT molecular complexity index is 716. The zero-order chi connectivity index (χ0) is 16.3. The van der Waals surface area contributed by atoms with Gasteiger partial charge in [0.05, 0.1) is 13.2 Å². The van der Waals surface area contributed by atoms with Crippen molar-refractivity contribution in [1.29, 1.82) is 0 Å². The molecule has 1 atom stereocenters. The number of hydrogen-bond acceptors (Lipinski definition) is 5. The number of esters is 1. The standard InChI is InChI=1S/C18H18N2O3/c1-2-23-17(21)18(22)13-20(15-11-7-4-8-12-15)16(19-18)14-9-5-3-6-10-14/h3-12,22H,2,13H2,1H3. The number of β-amino-alcohol motifs (C(OH)–C–C–N with tert-alkyl or cyclic N) is 1. The minimum atomic E-state index is -1.89. The minimum absolute atomic E-state index is 0.0279. The van der Waals surface area contributed by atoms with E-state index in [1.54, 1.807) is 6.92 Å². The third-order valence-electron chi connectivity index (χ3n) is 3.63. The largest absolute Gasteiger partial charge is 0.462 e. The van der Waals surface area contributed by atoms with Crippen molar-refractivity contribution in [2.24, 2.45) is 4.99 Å². The zero-order valence-electron chi connectivity index (χ0n) is 12.8. The summed E-state index contributed by atoms with van der Waals surface area (Å²) < 4.78 is 4.97. The van der Waals surface area contributed by atoms with Gasteiger partial charge in [0, 0.05) is 11.3 Å². The summed E-state index contributed by atoms with van der Waals surface area (Å²) in [5.41, 5.74) is -0.205. The second kappa shape index (κ2) is 6.22. The highest BCUT2D eigenvalue weighted by Crippen LogP contribution is 2.28. The molecule has 5 nitrogen and oxygen atoms in total. The first-order chi connectivity index (χ1) is 11.1. The summed E-state index contributed by atoms with van der Waals surface area (Å²) in [7, 11) is 0. The molecular formula is C18H18N2O3.